The lowest BCUT2D eigenvalue weighted by molar-refractivity contribution is 1.02. The van der Waals surface area contributed by atoms with E-state index in [-0.39, 0.29) is 0 Å². The summed E-state index contributed by atoms with van der Waals surface area (Å²) in [6.07, 6.45) is 0. The molecule has 2 rings (SSSR count). The number of nitrogens with two attached hydrogens (primary N) is 1. The first kappa shape index (κ1) is 9.03. The van der Waals surface area contributed by atoms with Gasteiger partial charge in [-0.25, -0.2) is 0 Å². The summed E-state index contributed by atoms with van der Waals surface area (Å²) >= 11 is 0. The summed E-state index contributed by atoms with van der Waals surface area (Å²) in [6.45, 7) is 1.43. The van der Waals surface area contributed by atoms with Crippen molar-refractivity contribution in [3.05, 3.63) is 42.5 Å². The van der Waals surface area contributed by atoms with Gasteiger partial charge in [0.1, 0.15) is 0 Å². The van der Waals surface area contributed by atoms with E-state index in [0.29, 0.717) is 6.54 Å². The zero-order chi connectivity index (χ0) is 9.80. The van der Waals surface area contributed by atoms with Crippen LogP contribution in [0.25, 0.3) is 10.8 Å². The van der Waals surface area contributed by atoms with Gasteiger partial charge in [-0.2, -0.15) is 0 Å². The molecule has 2 aromatic rings. The van der Waals surface area contributed by atoms with Crippen molar-refractivity contribution in [2.24, 2.45) is 5.73 Å². The molecule has 1 radical (unpaired) electrons. The molecule has 71 valence electrons. The van der Waals surface area contributed by atoms with Crippen LogP contribution in [0.2, 0.25) is 0 Å². The lowest BCUT2D eigenvalue weighted by Gasteiger charge is -2.05. The topological polar surface area (TPSA) is 38.0 Å². The molecule has 0 saturated carbocycles. The maximum atomic E-state index is 5.41. The van der Waals surface area contributed by atoms with Crippen LogP contribution in [0.15, 0.2) is 36.4 Å². The highest BCUT2D eigenvalue weighted by Gasteiger charge is 1.94. The molecule has 2 nitrogen and oxygen atoms in total. The predicted octanol–water partition coefficient (Wildman–Crippen LogP) is 2.01. The molecule has 0 spiro atoms. The fraction of sp³-hybridized carbons (Fsp3) is 0.167. The van der Waals surface area contributed by atoms with Crippen molar-refractivity contribution >= 4 is 16.5 Å². The number of benzene rings is 2. The van der Waals surface area contributed by atoms with Gasteiger partial charge in [-0.15, -0.1) is 0 Å². The average Bonchev–Trinajstić information content (AvgIpc) is 2.26. The second-order valence-electron chi connectivity index (χ2n) is 3.19. The minimum Gasteiger partial charge on any atom is -0.383 e. The molecule has 0 aliphatic heterocycles. The molecular formula is C12H13N2. The Kier molecular flexibility index (Phi) is 2.65. The Morgan fingerprint density at radius 1 is 1.21 bits per heavy atom. The van der Waals surface area contributed by atoms with E-state index >= 15 is 0 Å². The van der Waals surface area contributed by atoms with Crippen LogP contribution in [0.4, 0.5) is 5.69 Å². The lowest BCUT2D eigenvalue weighted by atomic mass is 10.1. The van der Waals surface area contributed by atoms with Gasteiger partial charge in [0.15, 0.2) is 0 Å². The molecule has 3 N–H and O–H groups in total. The van der Waals surface area contributed by atoms with Crippen molar-refractivity contribution in [3.8, 4) is 0 Å². The Morgan fingerprint density at radius 3 is 2.79 bits per heavy atom. The molecule has 0 bridgehead atoms. The van der Waals surface area contributed by atoms with E-state index in [1.807, 2.05) is 18.2 Å². The van der Waals surface area contributed by atoms with Crippen LogP contribution in [0, 0.1) is 6.07 Å². The Balaban J connectivity index is 2.32. The summed E-state index contributed by atoms with van der Waals surface area (Å²) in [5.74, 6) is 0. The highest BCUT2D eigenvalue weighted by molar-refractivity contribution is 5.85. The second kappa shape index (κ2) is 4.11. The summed E-state index contributed by atoms with van der Waals surface area (Å²) in [7, 11) is 0. The highest BCUT2D eigenvalue weighted by atomic mass is 14.9. The molecule has 0 fully saturated rings. The number of anilines is 1. The monoisotopic (exact) mass is 185 g/mol. The fourth-order valence-electron chi connectivity index (χ4n) is 1.44. The van der Waals surface area contributed by atoms with E-state index < -0.39 is 0 Å². The molecule has 0 saturated heterocycles. The lowest BCUT2D eigenvalue weighted by Crippen LogP contribution is -2.12. The summed E-state index contributed by atoms with van der Waals surface area (Å²) in [4.78, 5) is 0. The van der Waals surface area contributed by atoms with Gasteiger partial charge in [0, 0.05) is 24.8 Å². The third-order valence-corrected chi connectivity index (χ3v) is 2.14. The predicted molar refractivity (Wildman–Crippen MR) is 60.3 cm³/mol. The van der Waals surface area contributed by atoms with Gasteiger partial charge in [-0.1, -0.05) is 24.3 Å². The summed E-state index contributed by atoms with van der Waals surface area (Å²) in [5, 5.41) is 5.65. The van der Waals surface area contributed by atoms with Gasteiger partial charge in [0.25, 0.3) is 0 Å². The Labute approximate surface area is 83.7 Å². The zero-order valence-corrected chi connectivity index (χ0v) is 7.96. The molecule has 0 aliphatic carbocycles. The number of hydrogen-bond donors (Lipinski definition) is 2. The molecule has 0 aliphatic rings. The number of fused-ring (bicyclic) bond motifs is 1. The number of nitrogens with one attached hydrogen (secondary N) is 1. The Morgan fingerprint density at radius 2 is 2.00 bits per heavy atom. The molecule has 2 heteroatoms. The molecule has 0 aromatic heterocycles. The second-order valence-corrected chi connectivity index (χ2v) is 3.19. The molecule has 0 unspecified atom stereocenters. The maximum absolute atomic E-state index is 5.41. The Bertz CT molecular complexity index is 423. The van der Waals surface area contributed by atoms with Crippen molar-refractivity contribution in [1.29, 1.82) is 0 Å². The van der Waals surface area contributed by atoms with E-state index in [9.17, 15) is 0 Å². The van der Waals surface area contributed by atoms with Crippen molar-refractivity contribution in [1.82, 2.24) is 0 Å². The normalized spacial score (nSPS) is 10.4. The Hall–Kier alpha value is -1.54. The van der Waals surface area contributed by atoms with Gasteiger partial charge in [-0.05, 0) is 22.9 Å². The number of hydrogen-bond acceptors (Lipinski definition) is 2. The van der Waals surface area contributed by atoms with Gasteiger partial charge in [-0.3, -0.25) is 0 Å². The van der Waals surface area contributed by atoms with E-state index in [1.165, 1.54) is 10.8 Å². The van der Waals surface area contributed by atoms with Crippen LogP contribution in [0.3, 0.4) is 0 Å². The van der Waals surface area contributed by atoms with E-state index in [1.54, 1.807) is 0 Å². The first-order valence-electron chi connectivity index (χ1n) is 4.74. The van der Waals surface area contributed by atoms with Crippen molar-refractivity contribution in [3.63, 3.8) is 0 Å². The third-order valence-electron chi connectivity index (χ3n) is 2.14. The summed E-state index contributed by atoms with van der Waals surface area (Å²) in [6, 6.07) is 15.5. The highest BCUT2D eigenvalue weighted by Crippen LogP contribution is 2.17. The fourth-order valence-corrected chi connectivity index (χ4v) is 1.44. The minimum atomic E-state index is 0.640. The quantitative estimate of drug-likeness (QED) is 0.767. The molecule has 14 heavy (non-hydrogen) atoms. The summed E-state index contributed by atoms with van der Waals surface area (Å²) in [5.41, 5.74) is 6.42. The first-order chi connectivity index (χ1) is 6.90. The van der Waals surface area contributed by atoms with Crippen LogP contribution < -0.4 is 11.1 Å². The van der Waals surface area contributed by atoms with E-state index in [2.05, 4.69) is 29.6 Å². The smallest absolute Gasteiger partial charge is 0.0427 e. The molecule has 2 aromatic carbocycles. The van der Waals surface area contributed by atoms with Crippen LogP contribution in [-0.4, -0.2) is 13.1 Å². The largest absolute Gasteiger partial charge is 0.383 e. The van der Waals surface area contributed by atoms with Crippen LogP contribution >= 0.6 is 0 Å². The van der Waals surface area contributed by atoms with Crippen molar-refractivity contribution < 1.29 is 0 Å². The van der Waals surface area contributed by atoms with Crippen LogP contribution in [0.1, 0.15) is 0 Å². The SMILES string of the molecule is NCCNc1[c]cc2ccccc2c1. The molecular weight excluding hydrogens is 172 g/mol. The van der Waals surface area contributed by atoms with Gasteiger partial charge >= 0.3 is 0 Å². The van der Waals surface area contributed by atoms with Gasteiger partial charge in [0.05, 0.1) is 0 Å². The van der Waals surface area contributed by atoms with E-state index in [0.717, 1.165) is 12.2 Å². The first-order valence-corrected chi connectivity index (χ1v) is 4.74. The summed E-state index contributed by atoms with van der Waals surface area (Å²) < 4.78 is 0. The minimum absolute atomic E-state index is 0.640. The van der Waals surface area contributed by atoms with Gasteiger partial charge < -0.3 is 11.1 Å². The van der Waals surface area contributed by atoms with E-state index in [4.69, 9.17) is 5.73 Å². The van der Waals surface area contributed by atoms with Crippen molar-refractivity contribution in [2.45, 2.75) is 0 Å². The average molecular weight is 185 g/mol. The molecule has 0 atom stereocenters. The van der Waals surface area contributed by atoms with Crippen LogP contribution in [-0.2, 0) is 0 Å². The van der Waals surface area contributed by atoms with Crippen molar-refractivity contribution in [2.75, 3.05) is 18.4 Å². The zero-order valence-electron chi connectivity index (χ0n) is 7.96. The number of rotatable bonds is 3. The third kappa shape index (κ3) is 1.86. The molecule has 0 heterocycles. The van der Waals surface area contributed by atoms with Crippen LogP contribution in [0.5, 0.6) is 0 Å². The standard InChI is InChI=1S/C12H13N2/c13-7-8-14-12-6-5-10-3-1-2-4-11(10)9-12/h1-5,9,14H,7-8,13H2. The maximum Gasteiger partial charge on any atom is 0.0427 e. The molecule has 0 amide bonds. The van der Waals surface area contributed by atoms with Gasteiger partial charge in [0.2, 0.25) is 0 Å².